The van der Waals surface area contributed by atoms with Crippen LogP contribution in [0.15, 0.2) is 23.1 Å². The van der Waals surface area contributed by atoms with E-state index in [1.165, 1.54) is 7.11 Å². The molecule has 0 spiro atoms. The summed E-state index contributed by atoms with van der Waals surface area (Å²) < 4.78 is 32.6. The molecule has 7 nitrogen and oxygen atoms in total. The number of methoxy groups -OCH3 is 1. The van der Waals surface area contributed by atoms with Gasteiger partial charge in [-0.25, -0.2) is 13.1 Å². The highest BCUT2D eigenvalue weighted by Crippen LogP contribution is 2.24. The number of sulfonamides is 1. The minimum Gasteiger partial charge on any atom is -0.495 e. The second kappa shape index (κ2) is 8.64. The summed E-state index contributed by atoms with van der Waals surface area (Å²) in [5.74, 6) is 0.273. The first-order valence-electron chi connectivity index (χ1n) is 8.52. The third-order valence-corrected chi connectivity index (χ3v) is 5.89. The molecule has 0 atom stereocenters. The van der Waals surface area contributed by atoms with Crippen molar-refractivity contribution in [1.82, 2.24) is 14.5 Å². The summed E-state index contributed by atoms with van der Waals surface area (Å²) in [6, 6.07) is 4.98. The van der Waals surface area contributed by atoms with Crippen molar-refractivity contribution in [2.75, 3.05) is 46.4 Å². The number of hydrogen-bond donors (Lipinski definition) is 1. The summed E-state index contributed by atoms with van der Waals surface area (Å²) in [4.78, 5) is 16.4. The van der Waals surface area contributed by atoms with E-state index in [-0.39, 0.29) is 23.8 Å². The van der Waals surface area contributed by atoms with Gasteiger partial charge in [-0.1, -0.05) is 13.0 Å². The average molecular weight is 369 g/mol. The van der Waals surface area contributed by atoms with Crippen LogP contribution in [0.3, 0.4) is 0 Å². The van der Waals surface area contributed by atoms with Gasteiger partial charge in [-0.3, -0.25) is 4.79 Å². The molecule has 0 radical (unpaired) electrons. The number of aryl methyl sites for hydroxylation is 1. The predicted molar refractivity (Wildman–Crippen MR) is 96.2 cm³/mol. The Labute approximate surface area is 150 Å². The number of nitrogens with zero attached hydrogens (tertiary/aromatic N) is 2. The molecule has 0 aromatic heterocycles. The minimum absolute atomic E-state index is 0.0188. The maximum atomic E-state index is 12.5. The number of likely N-dealkylation sites (N-methyl/N-ethyl adjacent to an activating group) is 1. The minimum atomic E-state index is -3.72. The molecule has 25 heavy (non-hydrogen) atoms. The SMILES string of the molecule is CCN1CCN(C(=O)CCNS(=O)(=O)c2cc(C)ccc2OC)CC1. The number of piperazine rings is 1. The lowest BCUT2D eigenvalue weighted by molar-refractivity contribution is -0.132. The Hall–Kier alpha value is -1.64. The van der Waals surface area contributed by atoms with Gasteiger partial charge in [0.05, 0.1) is 7.11 Å². The fraction of sp³-hybridized carbons (Fsp3) is 0.588. The number of benzene rings is 1. The van der Waals surface area contributed by atoms with Gasteiger partial charge in [0.15, 0.2) is 0 Å². The van der Waals surface area contributed by atoms with Crippen LogP contribution >= 0.6 is 0 Å². The third-order valence-electron chi connectivity index (χ3n) is 4.41. The average Bonchev–Trinajstić information content (AvgIpc) is 2.61. The highest BCUT2D eigenvalue weighted by Gasteiger charge is 2.22. The number of rotatable bonds is 7. The molecular formula is C17H27N3O4S. The van der Waals surface area contributed by atoms with E-state index in [9.17, 15) is 13.2 Å². The number of amides is 1. The predicted octanol–water partition coefficient (Wildman–Crippen LogP) is 0.836. The van der Waals surface area contributed by atoms with Gasteiger partial charge in [-0.05, 0) is 31.2 Å². The van der Waals surface area contributed by atoms with Crippen molar-refractivity contribution in [2.45, 2.75) is 25.2 Å². The summed E-state index contributed by atoms with van der Waals surface area (Å²) in [7, 11) is -2.28. The Morgan fingerprint density at radius 1 is 1.24 bits per heavy atom. The van der Waals surface area contributed by atoms with Crippen LogP contribution < -0.4 is 9.46 Å². The lowest BCUT2D eigenvalue weighted by Crippen LogP contribution is -2.49. The zero-order chi connectivity index (χ0) is 18.4. The molecule has 1 aliphatic heterocycles. The van der Waals surface area contributed by atoms with E-state index >= 15 is 0 Å². The monoisotopic (exact) mass is 369 g/mol. The molecule has 2 rings (SSSR count). The second-order valence-electron chi connectivity index (χ2n) is 6.12. The van der Waals surface area contributed by atoms with E-state index in [1.54, 1.807) is 23.1 Å². The standard InChI is InChI=1S/C17H27N3O4S/c1-4-19-9-11-20(12-10-19)17(21)7-8-18-25(22,23)16-13-14(2)5-6-15(16)24-3/h5-6,13,18H,4,7-12H2,1-3H3. The van der Waals surface area contributed by atoms with Crippen molar-refractivity contribution >= 4 is 15.9 Å². The van der Waals surface area contributed by atoms with Gasteiger partial charge in [0.1, 0.15) is 10.6 Å². The molecule has 1 fully saturated rings. The van der Waals surface area contributed by atoms with Gasteiger partial charge in [0.2, 0.25) is 15.9 Å². The van der Waals surface area contributed by atoms with Gasteiger partial charge in [0.25, 0.3) is 0 Å². The number of nitrogens with one attached hydrogen (secondary N) is 1. The second-order valence-corrected chi connectivity index (χ2v) is 7.85. The van der Waals surface area contributed by atoms with E-state index < -0.39 is 10.0 Å². The topological polar surface area (TPSA) is 79.0 Å². The molecule has 1 aromatic carbocycles. The molecule has 1 saturated heterocycles. The molecule has 1 heterocycles. The van der Waals surface area contributed by atoms with Gasteiger partial charge in [0, 0.05) is 39.1 Å². The Balaban J connectivity index is 1.90. The Morgan fingerprint density at radius 3 is 2.52 bits per heavy atom. The van der Waals surface area contributed by atoms with Crippen LogP contribution in [0.25, 0.3) is 0 Å². The molecule has 1 aromatic rings. The molecule has 8 heteroatoms. The van der Waals surface area contributed by atoms with Gasteiger partial charge < -0.3 is 14.5 Å². The van der Waals surface area contributed by atoms with Gasteiger partial charge in [-0.2, -0.15) is 0 Å². The first-order valence-corrected chi connectivity index (χ1v) is 10.00. The van der Waals surface area contributed by atoms with Crippen LogP contribution in [-0.4, -0.2) is 70.5 Å². The molecule has 1 N–H and O–H groups in total. The van der Waals surface area contributed by atoms with E-state index in [0.29, 0.717) is 18.8 Å². The molecule has 0 bridgehead atoms. The lowest BCUT2D eigenvalue weighted by atomic mass is 10.2. The number of carbonyl (C=O) groups is 1. The lowest BCUT2D eigenvalue weighted by Gasteiger charge is -2.34. The fourth-order valence-electron chi connectivity index (χ4n) is 2.84. The Kier molecular flexibility index (Phi) is 6.80. The Bertz CT molecular complexity index is 698. The van der Waals surface area contributed by atoms with Crippen LogP contribution in [0.4, 0.5) is 0 Å². The highest BCUT2D eigenvalue weighted by molar-refractivity contribution is 7.89. The van der Waals surface area contributed by atoms with Crippen LogP contribution in [0.2, 0.25) is 0 Å². The summed E-state index contributed by atoms with van der Waals surface area (Å²) in [5.41, 5.74) is 0.825. The molecule has 0 unspecified atom stereocenters. The van der Waals surface area contributed by atoms with Crippen molar-refractivity contribution in [2.24, 2.45) is 0 Å². The van der Waals surface area contributed by atoms with Crippen LogP contribution in [0.1, 0.15) is 18.9 Å². The summed E-state index contributed by atoms with van der Waals surface area (Å²) in [6.07, 6.45) is 0.152. The van der Waals surface area contributed by atoms with E-state index in [0.717, 1.165) is 25.2 Å². The first kappa shape index (κ1) is 19.7. The van der Waals surface area contributed by atoms with Gasteiger partial charge >= 0.3 is 0 Å². The van der Waals surface area contributed by atoms with Crippen molar-refractivity contribution in [3.8, 4) is 5.75 Å². The fourth-order valence-corrected chi connectivity index (χ4v) is 4.12. The third kappa shape index (κ3) is 5.17. The quantitative estimate of drug-likeness (QED) is 0.770. The normalized spacial score (nSPS) is 16.0. The summed E-state index contributed by atoms with van der Waals surface area (Å²) in [5, 5.41) is 0. The molecule has 140 valence electrons. The molecular weight excluding hydrogens is 342 g/mol. The zero-order valence-corrected chi connectivity index (χ0v) is 15.9. The van der Waals surface area contributed by atoms with E-state index in [2.05, 4.69) is 16.5 Å². The molecule has 0 saturated carbocycles. The van der Waals surface area contributed by atoms with Gasteiger partial charge in [-0.15, -0.1) is 0 Å². The van der Waals surface area contributed by atoms with E-state index in [1.807, 2.05) is 6.92 Å². The largest absolute Gasteiger partial charge is 0.495 e. The van der Waals surface area contributed by atoms with Crippen molar-refractivity contribution in [3.05, 3.63) is 23.8 Å². The van der Waals surface area contributed by atoms with Crippen molar-refractivity contribution < 1.29 is 17.9 Å². The number of ether oxygens (including phenoxy) is 1. The van der Waals surface area contributed by atoms with Crippen molar-refractivity contribution in [3.63, 3.8) is 0 Å². The highest BCUT2D eigenvalue weighted by atomic mass is 32.2. The van der Waals surface area contributed by atoms with Crippen molar-refractivity contribution in [1.29, 1.82) is 0 Å². The maximum Gasteiger partial charge on any atom is 0.244 e. The first-order chi connectivity index (χ1) is 11.9. The molecule has 1 aliphatic rings. The summed E-state index contributed by atoms with van der Waals surface area (Å²) >= 11 is 0. The van der Waals surface area contributed by atoms with Crippen LogP contribution in [0, 0.1) is 6.92 Å². The zero-order valence-electron chi connectivity index (χ0n) is 15.1. The van der Waals surface area contributed by atoms with Crippen LogP contribution in [-0.2, 0) is 14.8 Å². The molecule has 1 amide bonds. The van der Waals surface area contributed by atoms with Crippen LogP contribution in [0.5, 0.6) is 5.75 Å². The molecule has 0 aliphatic carbocycles. The number of carbonyl (C=O) groups excluding carboxylic acids is 1. The van der Waals surface area contributed by atoms with E-state index in [4.69, 9.17) is 4.74 Å². The summed E-state index contributed by atoms with van der Waals surface area (Å²) in [6.45, 7) is 8.12. The number of hydrogen-bond acceptors (Lipinski definition) is 5. The maximum absolute atomic E-state index is 12.5. The Morgan fingerprint density at radius 2 is 1.92 bits per heavy atom. The smallest absolute Gasteiger partial charge is 0.244 e.